The number of nitrogens with two attached hydrogens (primary N) is 2. The first-order valence-corrected chi connectivity index (χ1v) is 9.53. The molecule has 0 amide bonds. The fourth-order valence-corrected chi connectivity index (χ4v) is 4.16. The Kier molecular flexibility index (Phi) is 4.09. The fourth-order valence-electron chi connectivity index (χ4n) is 4.16. The van der Waals surface area contributed by atoms with E-state index in [9.17, 15) is 0 Å². The van der Waals surface area contributed by atoms with Crippen LogP contribution in [0.4, 0.5) is 5.69 Å². The number of pyridine rings is 1. The molecule has 29 heavy (non-hydrogen) atoms. The lowest BCUT2D eigenvalue weighted by atomic mass is 9.77. The summed E-state index contributed by atoms with van der Waals surface area (Å²) < 4.78 is 22.7. The molecule has 1 unspecified atom stereocenters. The van der Waals surface area contributed by atoms with E-state index in [2.05, 4.69) is 0 Å². The van der Waals surface area contributed by atoms with Crippen molar-refractivity contribution in [2.75, 3.05) is 32.7 Å². The third kappa shape index (κ3) is 2.79. The molecule has 5 rings (SSSR count). The molecule has 4 heterocycles. The maximum atomic E-state index is 6.22. The monoisotopic (exact) mass is 394 g/mol. The van der Waals surface area contributed by atoms with Crippen molar-refractivity contribution in [3.05, 3.63) is 47.2 Å². The zero-order valence-corrected chi connectivity index (χ0v) is 16.1. The average molecular weight is 394 g/mol. The van der Waals surface area contributed by atoms with Crippen molar-refractivity contribution in [3.63, 3.8) is 0 Å². The largest absolute Gasteiger partial charge is 0.478 e. The smallest absolute Gasteiger partial charge is 0.283 e. The molecule has 0 saturated heterocycles. The minimum atomic E-state index is -0.780. The molecule has 0 aliphatic carbocycles. The average Bonchev–Trinajstić information content (AvgIpc) is 2.75. The topological polar surface area (TPSA) is 114 Å². The highest BCUT2D eigenvalue weighted by Gasteiger charge is 2.46. The quantitative estimate of drug-likeness (QED) is 0.752. The summed E-state index contributed by atoms with van der Waals surface area (Å²) in [6.07, 6.45) is 3.41. The molecule has 1 aromatic heterocycles. The van der Waals surface area contributed by atoms with E-state index in [1.54, 1.807) is 13.2 Å². The van der Waals surface area contributed by atoms with Crippen molar-refractivity contribution in [1.82, 2.24) is 4.98 Å². The van der Waals surface area contributed by atoms with Crippen molar-refractivity contribution in [2.24, 2.45) is 10.7 Å². The van der Waals surface area contributed by atoms with Crippen LogP contribution in [0, 0.1) is 0 Å². The first-order valence-electron chi connectivity index (χ1n) is 9.53. The van der Waals surface area contributed by atoms with Gasteiger partial charge in [0.2, 0.25) is 0 Å². The Hall–Kier alpha value is -3.26. The van der Waals surface area contributed by atoms with Gasteiger partial charge in [0.1, 0.15) is 11.3 Å². The Morgan fingerprint density at radius 2 is 2.03 bits per heavy atom. The Balaban J connectivity index is 1.79. The molecule has 8 heteroatoms. The summed E-state index contributed by atoms with van der Waals surface area (Å²) in [5.74, 6) is 1.61. The number of methoxy groups -OCH3 is 1. The molecule has 150 valence electrons. The minimum absolute atomic E-state index is 0.139. The molecule has 0 radical (unpaired) electrons. The maximum Gasteiger partial charge on any atom is 0.283 e. The molecule has 1 spiro atoms. The number of fused-ring (bicyclic) bond motifs is 4. The fraction of sp³-hybridized carbons (Fsp3) is 0.333. The number of benzene rings is 1. The number of hydrogen-bond donors (Lipinski definition) is 2. The van der Waals surface area contributed by atoms with E-state index in [1.807, 2.05) is 24.3 Å². The van der Waals surface area contributed by atoms with Crippen LogP contribution in [0.2, 0.25) is 0 Å². The van der Waals surface area contributed by atoms with Crippen molar-refractivity contribution < 1.29 is 18.9 Å². The standard InChI is InChI=1S/C21H22N4O4/c1-26-19-18-15(11-16(24-19)12-4-7-27-8-5-12)21(6-9-28-20(23)25-21)14-10-13(22)2-3-17(14)29-18/h2-4,10-11H,5-9,22H2,1H3,(H2,23,25). The van der Waals surface area contributed by atoms with Crippen LogP contribution in [0.1, 0.15) is 29.7 Å². The summed E-state index contributed by atoms with van der Waals surface area (Å²) in [4.78, 5) is 9.48. The molecular weight excluding hydrogens is 372 g/mol. The highest BCUT2D eigenvalue weighted by molar-refractivity contribution is 5.76. The lowest BCUT2D eigenvalue weighted by Crippen LogP contribution is -2.39. The summed E-state index contributed by atoms with van der Waals surface area (Å²) in [5.41, 5.74) is 15.6. The molecule has 1 aromatic carbocycles. The van der Waals surface area contributed by atoms with Gasteiger partial charge in [-0.25, -0.2) is 9.98 Å². The van der Waals surface area contributed by atoms with Crippen LogP contribution in [0.15, 0.2) is 35.3 Å². The van der Waals surface area contributed by atoms with Gasteiger partial charge in [0.25, 0.3) is 11.9 Å². The number of nitrogens with zero attached hydrogens (tertiary/aromatic N) is 2. The lowest BCUT2D eigenvalue weighted by molar-refractivity contribution is 0.161. The maximum absolute atomic E-state index is 6.22. The lowest BCUT2D eigenvalue weighted by Gasteiger charge is -2.39. The third-order valence-corrected chi connectivity index (χ3v) is 5.55. The van der Waals surface area contributed by atoms with Crippen LogP contribution in [-0.2, 0) is 15.0 Å². The van der Waals surface area contributed by atoms with E-state index >= 15 is 0 Å². The Morgan fingerprint density at radius 1 is 1.14 bits per heavy atom. The van der Waals surface area contributed by atoms with Crippen LogP contribution in [0.5, 0.6) is 17.4 Å². The van der Waals surface area contributed by atoms with Crippen LogP contribution >= 0.6 is 0 Å². The van der Waals surface area contributed by atoms with Gasteiger partial charge >= 0.3 is 0 Å². The van der Waals surface area contributed by atoms with E-state index in [1.165, 1.54) is 0 Å². The molecule has 1 atom stereocenters. The zero-order valence-electron chi connectivity index (χ0n) is 16.1. The summed E-state index contributed by atoms with van der Waals surface area (Å²) in [6.45, 7) is 1.66. The summed E-state index contributed by atoms with van der Waals surface area (Å²) in [6, 6.07) is 7.68. The normalized spacial score (nSPS) is 22.5. The van der Waals surface area contributed by atoms with Gasteiger partial charge in [-0.3, -0.25) is 0 Å². The molecule has 0 fully saturated rings. The molecular formula is C21H22N4O4. The summed E-state index contributed by atoms with van der Waals surface area (Å²) in [7, 11) is 1.58. The molecule has 0 bridgehead atoms. The SMILES string of the molecule is COc1nc(C2=CCOCC2)cc2c1Oc1ccc(N)cc1C21CCOC(N)=N1. The summed E-state index contributed by atoms with van der Waals surface area (Å²) in [5, 5.41) is 0. The highest BCUT2D eigenvalue weighted by Crippen LogP contribution is 2.55. The van der Waals surface area contributed by atoms with Crippen LogP contribution in [0.3, 0.4) is 0 Å². The van der Waals surface area contributed by atoms with E-state index in [4.69, 9.17) is 40.4 Å². The van der Waals surface area contributed by atoms with Crippen LogP contribution in [-0.4, -0.2) is 37.9 Å². The van der Waals surface area contributed by atoms with Crippen molar-refractivity contribution >= 4 is 17.3 Å². The Bertz CT molecular complexity index is 1050. The molecule has 3 aliphatic heterocycles. The zero-order chi connectivity index (χ0) is 20.0. The molecule has 4 N–H and O–H groups in total. The van der Waals surface area contributed by atoms with E-state index in [-0.39, 0.29) is 6.02 Å². The van der Waals surface area contributed by atoms with Gasteiger partial charge in [0, 0.05) is 23.2 Å². The Morgan fingerprint density at radius 3 is 2.79 bits per heavy atom. The second-order valence-electron chi connectivity index (χ2n) is 7.21. The van der Waals surface area contributed by atoms with Gasteiger partial charge in [0.05, 0.1) is 32.6 Å². The predicted octanol–water partition coefficient (Wildman–Crippen LogP) is 2.56. The predicted molar refractivity (Wildman–Crippen MR) is 108 cm³/mol. The van der Waals surface area contributed by atoms with Gasteiger partial charge in [-0.15, -0.1) is 0 Å². The van der Waals surface area contributed by atoms with Gasteiger partial charge in [-0.1, -0.05) is 6.08 Å². The number of ether oxygens (including phenoxy) is 4. The summed E-state index contributed by atoms with van der Waals surface area (Å²) >= 11 is 0. The number of nitrogen functional groups attached to an aromatic ring is 1. The number of hydrogen-bond acceptors (Lipinski definition) is 8. The highest BCUT2D eigenvalue weighted by atomic mass is 16.5. The second-order valence-corrected chi connectivity index (χ2v) is 7.21. The second kappa shape index (κ2) is 6.66. The number of aliphatic imine (C=N–C) groups is 1. The Labute approximate surface area is 168 Å². The van der Waals surface area contributed by atoms with Crippen LogP contribution < -0.4 is 20.9 Å². The van der Waals surface area contributed by atoms with E-state index < -0.39 is 5.54 Å². The minimum Gasteiger partial charge on any atom is -0.478 e. The van der Waals surface area contributed by atoms with Crippen molar-refractivity contribution in [2.45, 2.75) is 18.4 Å². The number of anilines is 1. The third-order valence-electron chi connectivity index (χ3n) is 5.55. The van der Waals surface area contributed by atoms with Gasteiger partial charge in [-0.05, 0) is 36.3 Å². The van der Waals surface area contributed by atoms with E-state index in [0.29, 0.717) is 49.3 Å². The van der Waals surface area contributed by atoms with Gasteiger partial charge in [0.15, 0.2) is 5.75 Å². The molecule has 2 aromatic rings. The van der Waals surface area contributed by atoms with Crippen LogP contribution in [0.25, 0.3) is 5.57 Å². The van der Waals surface area contributed by atoms with Crippen molar-refractivity contribution in [1.29, 1.82) is 0 Å². The number of aromatic nitrogens is 1. The number of rotatable bonds is 2. The molecule has 0 saturated carbocycles. The first kappa shape index (κ1) is 17.8. The van der Waals surface area contributed by atoms with Gasteiger partial charge < -0.3 is 30.4 Å². The molecule has 8 nitrogen and oxygen atoms in total. The van der Waals surface area contributed by atoms with Crippen molar-refractivity contribution in [3.8, 4) is 17.4 Å². The molecule has 3 aliphatic rings. The first-order chi connectivity index (χ1) is 14.1. The van der Waals surface area contributed by atoms with E-state index in [0.717, 1.165) is 28.8 Å². The van der Waals surface area contributed by atoms with Gasteiger partial charge in [-0.2, -0.15) is 0 Å². The number of amidine groups is 1.